The molecule has 4 aromatic rings. The molecule has 1 aliphatic rings. The summed E-state index contributed by atoms with van der Waals surface area (Å²) < 4.78 is 0. The standard InChI is InChI=1S/C25H22N4O2/c30-23-14-19(16-29(23)15-17-7-2-1-3-8-17)25(31)26-20-10-6-9-18(13-20)24-27-21-11-4-5-12-22(21)28-24/h1-13,19H,14-16H2,(H,26,31)(H,27,28). The van der Waals surface area contributed by atoms with Crippen molar-refractivity contribution in [2.75, 3.05) is 11.9 Å². The van der Waals surface area contributed by atoms with E-state index in [1.165, 1.54) is 0 Å². The van der Waals surface area contributed by atoms with Gasteiger partial charge in [-0.2, -0.15) is 0 Å². The van der Waals surface area contributed by atoms with Crippen molar-refractivity contribution >= 4 is 28.5 Å². The first-order valence-corrected chi connectivity index (χ1v) is 10.3. The van der Waals surface area contributed by atoms with E-state index in [2.05, 4.69) is 15.3 Å². The Morgan fingerprint density at radius 1 is 1.03 bits per heavy atom. The molecule has 1 aromatic heterocycles. The number of carbonyl (C=O) groups excluding carboxylic acids is 2. The predicted molar refractivity (Wildman–Crippen MR) is 120 cm³/mol. The maximum Gasteiger partial charge on any atom is 0.229 e. The molecule has 3 aromatic carbocycles. The van der Waals surface area contributed by atoms with Gasteiger partial charge in [-0.1, -0.05) is 54.6 Å². The van der Waals surface area contributed by atoms with Crippen LogP contribution >= 0.6 is 0 Å². The lowest BCUT2D eigenvalue weighted by Crippen LogP contribution is -2.28. The molecule has 31 heavy (non-hydrogen) atoms. The first-order valence-electron chi connectivity index (χ1n) is 10.3. The number of fused-ring (bicyclic) bond motifs is 1. The maximum absolute atomic E-state index is 12.8. The third-order valence-electron chi connectivity index (χ3n) is 5.59. The fourth-order valence-corrected chi connectivity index (χ4v) is 3.98. The van der Waals surface area contributed by atoms with Crippen LogP contribution in [0.5, 0.6) is 0 Å². The van der Waals surface area contributed by atoms with Crippen LogP contribution in [0.3, 0.4) is 0 Å². The van der Waals surface area contributed by atoms with Crippen molar-refractivity contribution in [1.82, 2.24) is 14.9 Å². The summed E-state index contributed by atoms with van der Waals surface area (Å²) in [6, 6.07) is 25.3. The number of aromatic nitrogens is 2. The van der Waals surface area contributed by atoms with E-state index in [0.717, 1.165) is 28.0 Å². The predicted octanol–water partition coefficient (Wildman–Crippen LogP) is 4.22. The molecule has 1 fully saturated rings. The van der Waals surface area contributed by atoms with Gasteiger partial charge in [-0.15, -0.1) is 0 Å². The summed E-state index contributed by atoms with van der Waals surface area (Å²) in [4.78, 5) is 34.9. The zero-order valence-corrected chi connectivity index (χ0v) is 16.9. The Labute approximate surface area is 179 Å². The highest BCUT2D eigenvalue weighted by Gasteiger charge is 2.34. The van der Waals surface area contributed by atoms with E-state index in [1.54, 1.807) is 4.90 Å². The lowest BCUT2D eigenvalue weighted by atomic mass is 10.1. The van der Waals surface area contributed by atoms with Crippen LogP contribution in [0.2, 0.25) is 0 Å². The molecule has 154 valence electrons. The van der Waals surface area contributed by atoms with Crippen molar-refractivity contribution in [1.29, 1.82) is 0 Å². The molecule has 0 radical (unpaired) electrons. The third-order valence-corrected chi connectivity index (χ3v) is 5.59. The largest absolute Gasteiger partial charge is 0.338 e. The zero-order valence-electron chi connectivity index (χ0n) is 16.9. The summed E-state index contributed by atoms with van der Waals surface area (Å²) in [7, 11) is 0. The number of hydrogen-bond donors (Lipinski definition) is 2. The van der Waals surface area contributed by atoms with Gasteiger partial charge in [-0.05, 0) is 29.8 Å². The summed E-state index contributed by atoms with van der Waals surface area (Å²) in [6.07, 6.45) is 0.238. The number of rotatable bonds is 5. The average molecular weight is 410 g/mol. The summed E-state index contributed by atoms with van der Waals surface area (Å²) in [5, 5.41) is 2.97. The Kier molecular flexibility index (Phi) is 4.96. The highest BCUT2D eigenvalue weighted by molar-refractivity contribution is 5.97. The Hall–Kier alpha value is -3.93. The van der Waals surface area contributed by atoms with Gasteiger partial charge in [0.2, 0.25) is 11.8 Å². The summed E-state index contributed by atoms with van der Waals surface area (Å²) >= 11 is 0. The van der Waals surface area contributed by atoms with E-state index >= 15 is 0 Å². The molecule has 6 nitrogen and oxygen atoms in total. The molecule has 0 aliphatic carbocycles. The fourth-order valence-electron chi connectivity index (χ4n) is 3.98. The van der Waals surface area contributed by atoms with Crippen molar-refractivity contribution in [3.8, 4) is 11.4 Å². The minimum atomic E-state index is -0.355. The highest BCUT2D eigenvalue weighted by atomic mass is 16.2. The summed E-state index contributed by atoms with van der Waals surface area (Å²) in [5.41, 5.74) is 4.51. The van der Waals surface area contributed by atoms with E-state index in [-0.39, 0.29) is 24.2 Å². The third kappa shape index (κ3) is 4.05. The molecule has 2 N–H and O–H groups in total. The zero-order chi connectivity index (χ0) is 21.2. The Balaban J connectivity index is 1.27. The quantitative estimate of drug-likeness (QED) is 0.517. The Morgan fingerprint density at radius 2 is 1.84 bits per heavy atom. The van der Waals surface area contributed by atoms with Gasteiger partial charge in [0, 0.05) is 30.8 Å². The second-order valence-electron chi connectivity index (χ2n) is 7.83. The SMILES string of the molecule is O=C(Nc1cccc(-c2nc3ccccc3[nH]2)c1)C1CC(=O)N(Cc2ccccc2)C1. The molecule has 6 heteroatoms. The van der Waals surface area contributed by atoms with Crippen LogP contribution in [-0.2, 0) is 16.1 Å². The molecule has 1 saturated heterocycles. The van der Waals surface area contributed by atoms with E-state index in [1.807, 2.05) is 78.9 Å². The van der Waals surface area contributed by atoms with Gasteiger partial charge >= 0.3 is 0 Å². The first-order chi connectivity index (χ1) is 15.2. The van der Waals surface area contributed by atoms with Crippen molar-refractivity contribution in [3.05, 3.63) is 84.4 Å². The number of aromatic amines is 1. The molecule has 1 atom stereocenters. The molecular weight excluding hydrogens is 388 g/mol. The number of amides is 2. The molecule has 2 amide bonds. The number of carbonyl (C=O) groups is 2. The number of likely N-dealkylation sites (tertiary alicyclic amines) is 1. The molecule has 1 unspecified atom stereocenters. The van der Waals surface area contributed by atoms with Crippen LogP contribution in [0.15, 0.2) is 78.9 Å². The smallest absolute Gasteiger partial charge is 0.229 e. The van der Waals surface area contributed by atoms with Crippen molar-refractivity contribution < 1.29 is 9.59 Å². The average Bonchev–Trinajstić information content (AvgIpc) is 3.38. The van der Waals surface area contributed by atoms with Gasteiger partial charge in [0.25, 0.3) is 0 Å². The minimum absolute atomic E-state index is 0.0139. The van der Waals surface area contributed by atoms with Crippen molar-refractivity contribution in [3.63, 3.8) is 0 Å². The molecule has 5 rings (SSSR count). The van der Waals surface area contributed by atoms with Gasteiger partial charge < -0.3 is 15.2 Å². The number of nitrogens with zero attached hydrogens (tertiary/aromatic N) is 2. The maximum atomic E-state index is 12.8. The highest BCUT2D eigenvalue weighted by Crippen LogP contribution is 2.25. The number of anilines is 1. The minimum Gasteiger partial charge on any atom is -0.338 e. The van der Waals surface area contributed by atoms with E-state index in [4.69, 9.17) is 0 Å². The number of benzene rings is 3. The number of nitrogens with one attached hydrogen (secondary N) is 2. The van der Waals surface area contributed by atoms with Gasteiger partial charge in [0.05, 0.1) is 17.0 Å². The lowest BCUT2D eigenvalue weighted by molar-refractivity contribution is -0.128. The van der Waals surface area contributed by atoms with Gasteiger partial charge in [-0.3, -0.25) is 9.59 Å². The van der Waals surface area contributed by atoms with E-state index in [9.17, 15) is 9.59 Å². The first kappa shape index (κ1) is 19.1. The molecule has 0 saturated carbocycles. The molecule has 2 heterocycles. The van der Waals surface area contributed by atoms with Gasteiger partial charge in [0.15, 0.2) is 0 Å². The Morgan fingerprint density at radius 3 is 2.68 bits per heavy atom. The van der Waals surface area contributed by atoms with Gasteiger partial charge in [0.1, 0.15) is 5.82 Å². The summed E-state index contributed by atoms with van der Waals surface area (Å²) in [5.74, 6) is 0.277. The molecule has 0 bridgehead atoms. The van der Waals surface area contributed by atoms with Crippen molar-refractivity contribution in [2.45, 2.75) is 13.0 Å². The van der Waals surface area contributed by atoms with Crippen LogP contribution in [0.4, 0.5) is 5.69 Å². The Bertz CT molecular complexity index is 1220. The number of hydrogen-bond acceptors (Lipinski definition) is 3. The van der Waals surface area contributed by atoms with E-state index < -0.39 is 0 Å². The van der Waals surface area contributed by atoms with Crippen LogP contribution in [-0.4, -0.2) is 33.2 Å². The van der Waals surface area contributed by atoms with Crippen LogP contribution in [0.1, 0.15) is 12.0 Å². The fraction of sp³-hybridized carbons (Fsp3) is 0.160. The number of imidazole rings is 1. The van der Waals surface area contributed by atoms with Crippen LogP contribution in [0, 0.1) is 5.92 Å². The number of H-pyrrole nitrogens is 1. The molecular formula is C25H22N4O2. The molecule has 1 aliphatic heterocycles. The lowest BCUT2D eigenvalue weighted by Gasteiger charge is -2.16. The van der Waals surface area contributed by atoms with Gasteiger partial charge in [-0.25, -0.2) is 4.98 Å². The van der Waals surface area contributed by atoms with Crippen LogP contribution in [0.25, 0.3) is 22.4 Å². The van der Waals surface area contributed by atoms with E-state index in [0.29, 0.717) is 18.8 Å². The normalized spacial score (nSPS) is 16.1. The monoisotopic (exact) mass is 410 g/mol. The number of para-hydroxylation sites is 2. The van der Waals surface area contributed by atoms with Crippen LogP contribution < -0.4 is 5.32 Å². The topological polar surface area (TPSA) is 78.1 Å². The molecule has 0 spiro atoms. The summed E-state index contributed by atoms with van der Waals surface area (Å²) in [6.45, 7) is 0.966. The van der Waals surface area contributed by atoms with Crippen molar-refractivity contribution in [2.24, 2.45) is 5.92 Å². The second kappa shape index (κ2) is 8.07. The second-order valence-corrected chi connectivity index (χ2v) is 7.83.